The summed E-state index contributed by atoms with van der Waals surface area (Å²) in [6, 6.07) is 1.96. The quantitative estimate of drug-likeness (QED) is 0.616. The number of amides is 1. The van der Waals surface area contributed by atoms with Crippen molar-refractivity contribution in [1.29, 1.82) is 0 Å². The highest BCUT2D eigenvalue weighted by Gasteiger charge is 2.18. The molecule has 0 aromatic carbocycles. The molecule has 0 unspecified atom stereocenters. The van der Waals surface area contributed by atoms with Crippen LogP contribution in [0.5, 0.6) is 0 Å². The number of nitrogens with one attached hydrogen (secondary N) is 1. The van der Waals surface area contributed by atoms with Crippen molar-refractivity contribution in [3.8, 4) is 0 Å². The van der Waals surface area contributed by atoms with Gasteiger partial charge in [0.2, 0.25) is 0 Å². The number of pyridine rings is 1. The zero-order valence-corrected chi connectivity index (χ0v) is 15.1. The molecule has 2 aromatic heterocycles. The monoisotopic (exact) mass is 454 g/mol. The highest BCUT2D eigenvalue weighted by Crippen LogP contribution is 2.35. The zero-order valence-electron chi connectivity index (χ0n) is 10.6. The number of hydrogen-bond acceptors (Lipinski definition) is 4. The van der Waals surface area contributed by atoms with Crippen LogP contribution in [0.3, 0.4) is 0 Å². The van der Waals surface area contributed by atoms with E-state index in [1.54, 1.807) is 17.5 Å². The SMILES string of the molecule is CC(C)(C)OC(=O)Nc1cnc2cc(Br)sc2c1I. The average molecular weight is 455 g/mol. The molecule has 0 aliphatic heterocycles. The van der Waals surface area contributed by atoms with E-state index >= 15 is 0 Å². The molecule has 0 radical (unpaired) electrons. The third-order valence-electron chi connectivity index (χ3n) is 2.09. The molecule has 7 heteroatoms. The predicted molar refractivity (Wildman–Crippen MR) is 89.9 cm³/mol. The summed E-state index contributed by atoms with van der Waals surface area (Å²) in [5.41, 5.74) is 1.06. The van der Waals surface area contributed by atoms with E-state index in [1.807, 2.05) is 26.8 Å². The van der Waals surface area contributed by atoms with Crippen LogP contribution < -0.4 is 5.32 Å². The third kappa shape index (κ3) is 3.79. The maximum absolute atomic E-state index is 11.8. The number of carbonyl (C=O) groups excluding carboxylic acids is 1. The van der Waals surface area contributed by atoms with Crippen LogP contribution >= 0.6 is 49.9 Å². The van der Waals surface area contributed by atoms with Crippen molar-refractivity contribution in [2.45, 2.75) is 26.4 Å². The Morgan fingerprint density at radius 1 is 1.53 bits per heavy atom. The highest BCUT2D eigenvalue weighted by atomic mass is 127. The van der Waals surface area contributed by atoms with E-state index in [2.05, 4.69) is 48.8 Å². The van der Waals surface area contributed by atoms with Gasteiger partial charge in [0.1, 0.15) is 5.60 Å². The second-order valence-corrected chi connectivity index (χ2v) is 8.39. The van der Waals surface area contributed by atoms with Gasteiger partial charge in [-0.15, -0.1) is 11.3 Å². The molecule has 0 fully saturated rings. The predicted octanol–water partition coefficient (Wildman–Crippen LogP) is 5.01. The maximum Gasteiger partial charge on any atom is 0.412 e. The summed E-state index contributed by atoms with van der Waals surface area (Å²) in [7, 11) is 0. The summed E-state index contributed by atoms with van der Waals surface area (Å²) < 4.78 is 8.25. The molecule has 0 atom stereocenters. The van der Waals surface area contributed by atoms with E-state index in [1.165, 1.54) is 0 Å². The Morgan fingerprint density at radius 3 is 2.84 bits per heavy atom. The summed E-state index contributed by atoms with van der Waals surface area (Å²) >= 11 is 7.23. The van der Waals surface area contributed by atoms with Crippen LogP contribution in [0.15, 0.2) is 16.0 Å². The number of aromatic nitrogens is 1. The normalized spacial score (nSPS) is 11.6. The van der Waals surface area contributed by atoms with Crippen molar-refractivity contribution < 1.29 is 9.53 Å². The minimum absolute atomic E-state index is 0.470. The fourth-order valence-corrected chi connectivity index (χ4v) is 3.78. The molecule has 1 N–H and O–H groups in total. The number of hydrogen-bond donors (Lipinski definition) is 1. The van der Waals surface area contributed by atoms with Crippen molar-refractivity contribution in [3.05, 3.63) is 19.6 Å². The number of halogens is 2. The van der Waals surface area contributed by atoms with Gasteiger partial charge >= 0.3 is 6.09 Å². The van der Waals surface area contributed by atoms with Gasteiger partial charge in [0, 0.05) is 0 Å². The van der Waals surface area contributed by atoms with E-state index in [0.717, 1.165) is 17.6 Å². The number of anilines is 1. The molecule has 2 rings (SSSR count). The average Bonchev–Trinajstić information content (AvgIpc) is 2.61. The Balaban J connectivity index is 2.26. The van der Waals surface area contributed by atoms with Gasteiger partial charge in [-0.3, -0.25) is 10.3 Å². The van der Waals surface area contributed by atoms with Crippen LogP contribution in [-0.2, 0) is 4.74 Å². The highest BCUT2D eigenvalue weighted by molar-refractivity contribution is 14.1. The van der Waals surface area contributed by atoms with Gasteiger partial charge in [-0.1, -0.05) is 0 Å². The Bertz CT molecular complexity index is 636. The molecule has 102 valence electrons. The largest absolute Gasteiger partial charge is 0.444 e. The van der Waals surface area contributed by atoms with Crippen LogP contribution in [0, 0.1) is 3.57 Å². The molecule has 0 aliphatic rings. The summed E-state index contributed by atoms with van der Waals surface area (Å²) in [4.78, 5) is 16.1. The molecular weight excluding hydrogens is 443 g/mol. The lowest BCUT2D eigenvalue weighted by molar-refractivity contribution is 0.0636. The van der Waals surface area contributed by atoms with E-state index in [-0.39, 0.29) is 0 Å². The van der Waals surface area contributed by atoms with Crippen LogP contribution in [-0.4, -0.2) is 16.7 Å². The van der Waals surface area contributed by atoms with E-state index in [9.17, 15) is 4.79 Å². The first kappa shape index (κ1) is 15.0. The Labute approximate surface area is 137 Å². The summed E-state index contributed by atoms with van der Waals surface area (Å²) in [6.45, 7) is 5.49. The Morgan fingerprint density at radius 2 is 2.21 bits per heavy atom. The lowest BCUT2D eigenvalue weighted by atomic mass is 10.2. The van der Waals surface area contributed by atoms with E-state index < -0.39 is 11.7 Å². The minimum atomic E-state index is -0.515. The van der Waals surface area contributed by atoms with Gasteiger partial charge in [0.15, 0.2) is 0 Å². The number of fused-ring (bicyclic) bond motifs is 1. The number of rotatable bonds is 1. The summed E-state index contributed by atoms with van der Waals surface area (Å²) in [5.74, 6) is 0. The van der Waals surface area contributed by atoms with Gasteiger partial charge in [-0.25, -0.2) is 4.79 Å². The number of ether oxygens (including phenoxy) is 1. The first-order chi connectivity index (χ1) is 8.76. The molecule has 0 saturated carbocycles. The lowest BCUT2D eigenvalue weighted by Crippen LogP contribution is -2.27. The van der Waals surface area contributed by atoms with E-state index in [4.69, 9.17) is 4.74 Å². The lowest BCUT2D eigenvalue weighted by Gasteiger charge is -2.19. The third-order valence-corrected chi connectivity index (χ3v) is 5.22. The summed E-state index contributed by atoms with van der Waals surface area (Å²) in [6.07, 6.45) is 1.18. The zero-order chi connectivity index (χ0) is 14.2. The van der Waals surface area contributed by atoms with Gasteiger partial charge in [0.05, 0.1) is 29.5 Å². The topological polar surface area (TPSA) is 51.2 Å². The van der Waals surface area contributed by atoms with Crippen LogP contribution in [0.1, 0.15) is 20.8 Å². The first-order valence-corrected chi connectivity index (χ1v) is 8.18. The number of carbonyl (C=O) groups is 1. The molecule has 0 spiro atoms. The Kier molecular flexibility index (Phi) is 4.36. The number of nitrogens with zero attached hydrogens (tertiary/aromatic N) is 1. The van der Waals surface area contributed by atoms with Gasteiger partial charge in [-0.2, -0.15) is 0 Å². The summed E-state index contributed by atoms with van der Waals surface area (Å²) in [5, 5.41) is 2.73. The van der Waals surface area contributed by atoms with Crippen LogP contribution in [0.4, 0.5) is 10.5 Å². The van der Waals surface area contributed by atoms with Crippen LogP contribution in [0.25, 0.3) is 10.2 Å². The van der Waals surface area contributed by atoms with Crippen molar-refractivity contribution in [1.82, 2.24) is 4.98 Å². The fourth-order valence-electron chi connectivity index (χ4n) is 1.42. The Hall–Kier alpha value is -0.410. The molecule has 0 aliphatic carbocycles. The number of thiophene rings is 1. The molecule has 4 nitrogen and oxygen atoms in total. The second kappa shape index (κ2) is 5.53. The molecule has 2 heterocycles. The van der Waals surface area contributed by atoms with Gasteiger partial charge < -0.3 is 4.74 Å². The van der Waals surface area contributed by atoms with Crippen molar-refractivity contribution in [3.63, 3.8) is 0 Å². The van der Waals surface area contributed by atoms with Gasteiger partial charge in [-0.05, 0) is 65.4 Å². The molecule has 0 bridgehead atoms. The van der Waals surface area contributed by atoms with Crippen LogP contribution in [0.2, 0.25) is 0 Å². The second-order valence-electron chi connectivity index (χ2n) is 4.88. The van der Waals surface area contributed by atoms with Crippen molar-refractivity contribution in [2.24, 2.45) is 0 Å². The van der Waals surface area contributed by atoms with E-state index in [0.29, 0.717) is 5.69 Å². The minimum Gasteiger partial charge on any atom is -0.444 e. The van der Waals surface area contributed by atoms with Crippen molar-refractivity contribution in [2.75, 3.05) is 5.32 Å². The maximum atomic E-state index is 11.8. The molecule has 0 saturated heterocycles. The molecule has 2 aromatic rings. The molecular formula is C12H12BrIN2O2S. The smallest absolute Gasteiger partial charge is 0.412 e. The molecule has 19 heavy (non-hydrogen) atoms. The fraction of sp³-hybridized carbons (Fsp3) is 0.333. The molecule has 1 amide bonds. The van der Waals surface area contributed by atoms with Gasteiger partial charge in [0.25, 0.3) is 0 Å². The van der Waals surface area contributed by atoms with Crippen molar-refractivity contribution >= 4 is 71.9 Å². The standard InChI is InChI=1S/C12H12BrIN2O2S/c1-12(2,3)18-11(17)16-7-5-15-6-4-8(13)19-10(6)9(7)14/h4-5H,1-3H3,(H,16,17). The first-order valence-electron chi connectivity index (χ1n) is 5.50.